The number of hydrogen-bond acceptors (Lipinski definition) is 4. The minimum Gasteiger partial charge on any atom is -0.338 e. The maximum atomic E-state index is 12.6. The number of rotatable bonds is 3. The van der Waals surface area contributed by atoms with Gasteiger partial charge in [-0.25, -0.2) is 4.98 Å². The summed E-state index contributed by atoms with van der Waals surface area (Å²) in [6.45, 7) is 3.69. The molecule has 25 heavy (non-hydrogen) atoms. The second-order valence-electron chi connectivity index (χ2n) is 6.42. The molecule has 1 fully saturated rings. The van der Waals surface area contributed by atoms with Gasteiger partial charge in [-0.1, -0.05) is 12.1 Å². The molecule has 1 aliphatic rings. The lowest BCUT2D eigenvalue weighted by molar-refractivity contribution is -0.127. The summed E-state index contributed by atoms with van der Waals surface area (Å²) in [5.74, 6) is 0.462. The summed E-state index contributed by atoms with van der Waals surface area (Å²) in [4.78, 5) is 21.7. The number of thiazole rings is 1. The molecule has 3 nitrogen and oxygen atoms in total. The fraction of sp³-hybridized carbons (Fsp3) is 0.300. The van der Waals surface area contributed by atoms with Gasteiger partial charge in [0.15, 0.2) is 0 Å². The number of benzene rings is 1. The van der Waals surface area contributed by atoms with Gasteiger partial charge in [-0.15, -0.1) is 22.7 Å². The lowest BCUT2D eigenvalue weighted by atomic mass is 9.98. The first-order valence-electron chi connectivity index (χ1n) is 8.58. The van der Waals surface area contributed by atoms with E-state index in [4.69, 9.17) is 4.98 Å². The van der Waals surface area contributed by atoms with Gasteiger partial charge in [0.25, 0.3) is 0 Å². The summed E-state index contributed by atoms with van der Waals surface area (Å²) in [6, 6.07) is 12.4. The molecule has 0 radical (unpaired) electrons. The van der Waals surface area contributed by atoms with Crippen molar-refractivity contribution in [2.45, 2.75) is 25.7 Å². The molecule has 0 spiro atoms. The average molecular weight is 369 g/mol. The van der Waals surface area contributed by atoms with Gasteiger partial charge in [0.1, 0.15) is 0 Å². The van der Waals surface area contributed by atoms with E-state index in [1.807, 2.05) is 17.0 Å². The zero-order chi connectivity index (χ0) is 17.2. The van der Waals surface area contributed by atoms with E-state index in [9.17, 15) is 4.79 Å². The summed E-state index contributed by atoms with van der Waals surface area (Å²) >= 11 is 3.48. The van der Waals surface area contributed by atoms with E-state index in [-0.39, 0.29) is 5.91 Å². The Labute approximate surface area is 155 Å². The van der Waals surface area contributed by atoms with Crippen LogP contribution in [0.1, 0.15) is 33.5 Å². The fourth-order valence-corrected chi connectivity index (χ4v) is 5.12. The van der Waals surface area contributed by atoms with Crippen LogP contribution in [0.25, 0.3) is 16.3 Å². The van der Waals surface area contributed by atoms with Crippen molar-refractivity contribution in [1.29, 1.82) is 0 Å². The van der Waals surface area contributed by atoms with Crippen LogP contribution in [0.3, 0.4) is 0 Å². The molecule has 1 atom stereocenters. The van der Waals surface area contributed by atoms with E-state index in [2.05, 4.69) is 37.3 Å². The number of likely N-dealkylation sites (tertiary alicyclic amines) is 1. The van der Waals surface area contributed by atoms with Crippen molar-refractivity contribution in [2.24, 2.45) is 0 Å². The molecule has 1 aliphatic heterocycles. The number of hydrogen-bond donors (Lipinski definition) is 0. The Kier molecular flexibility index (Phi) is 4.68. The van der Waals surface area contributed by atoms with E-state index in [0.717, 1.165) is 41.3 Å². The van der Waals surface area contributed by atoms with E-state index in [0.29, 0.717) is 5.92 Å². The molecule has 1 aromatic carbocycles. The predicted octanol–water partition coefficient (Wildman–Crippen LogP) is 5.09. The van der Waals surface area contributed by atoms with Gasteiger partial charge >= 0.3 is 0 Å². The average Bonchev–Trinajstić information content (AvgIpc) is 3.25. The van der Waals surface area contributed by atoms with E-state index in [1.54, 1.807) is 28.7 Å². The van der Waals surface area contributed by atoms with Crippen molar-refractivity contribution in [1.82, 2.24) is 9.88 Å². The lowest BCUT2D eigenvalue weighted by Crippen LogP contribution is -2.38. The zero-order valence-corrected chi connectivity index (χ0v) is 15.8. The van der Waals surface area contributed by atoms with Crippen molar-refractivity contribution < 1.29 is 4.79 Å². The normalized spacial score (nSPS) is 18.3. The standard InChI is InChI=1S/C20H20N2OS2/c1-14-8-9-16(24-14)10-11-19(23)22-12-4-5-15(13-22)20-21-17-6-2-3-7-18(17)25-20/h2-3,6-11,15H,4-5,12-13H2,1H3/b11-10+/t15-/m0/s1. The molecule has 3 aromatic rings. The van der Waals surface area contributed by atoms with Gasteiger partial charge in [-0.05, 0) is 50.1 Å². The minimum atomic E-state index is 0.108. The molecule has 0 unspecified atom stereocenters. The van der Waals surface area contributed by atoms with E-state index < -0.39 is 0 Å². The Morgan fingerprint density at radius 3 is 2.92 bits per heavy atom. The van der Waals surface area contributed by atoms with E-state index >= 15 is 0 Å². The van der Waals surface area contributed by atoms with Gasteiger partial charge in [0, 0.05) is 34.8 Å². The van der Waals surface area contributed by atoms with Crippen LogP contribution in [0, 0.1) is 6.92 Å². The smallest absolute Gasteiger partial charge is 0.246 e. The third kappa shape index (κ3) is 3.67. The van der Waals surface area contributed by atoms with Crippen LogP contribution in [0.2, 0.25) is 0 Å². The number of aromatic nitrogens is 1. The predicted molar refractivity (Wildman–Crippen MR) is 106 cm³/mol. The molecule has 0 saturated carbocycles. The number of carbonyl (C=O) groups excluding carboxylic acids is 1. The maximum absolute atomic E-state index is 12.6. The zero-order valence-electron chi connectivity index (χ0n) is 14.1. The summed E-state index contributed by atoms with van der Waals surface area (Å²) in [6.07, 6.45) is 5.79. The third-order valence-electron chi connectivity index (χ3n) is 4.54. The molecule has 3 heterocycles. The van der Waals surface area contributed by atoms with Crippen molar-refractivity contribution in [3.63, 3.8) is 0 Å². The van der Waals surface area contributed by atoms with Crippen molar-refractivity contribution in [3.05, 3.63) is 57.2 Å². The Morgan fingerprint density at radius 1 is 1.24 bits per heavy atom. The summed E-state index contributed by atoms with van der Waals surface area (Å²) in [7, 11) is 0. The second-order valence-corrected chi connectivity index (χ2v) is 8.81. The van der Waals surface area contributed by atoms with Crippen LogP contribution in [-0.2, 0) is 4.79 Å². The number of amides is 1. The maximum Gasteiger partial charge on any atom is 0.246 e. The van der Waals surface area contributed by atoms with Gasteiger partial charge in [0.2, 0.25) is 5.91 Å². The highest BCUT2D eigenvalue weighted by Crippen LogP contribution is 2.33. The minimum absolute atomic E-state index is 0.108. The number of carbonyl (C=O) groups is 1. The molecule has 5 heteroatoms. The molecule has 1 amide bonds. The fourth-order valence-electron chi connectivity index (χ4n) is 3.25. The Morgan fingerprint density at radius 2 is 2.12 bits per heavy atom. The van der Waals surface area contributed by atoms with Crippen LogP contribution in [0.4, 0.5) is 0 Å². The van der Waals surface area contributed by atoms with Crippen LogP contribution < -0.4 is 0 Å². The van der Waals surface area contributed by atoms with Crippen LogP contribution in [0.15, 0.2) is 42.5 Å². The number of para-hydroxylation sites is 1. The SMILES string of the molecule is Cc1ccc(/C=C/C(=O)N2CCC[C@H](c3nc4ccccc4s3)C2)s1. The van der Waals surface area contributed by atoms with Gasteiger partial charge in [-0.3, -0.25) is 4.79 Å². The summed E-state index contributed by atoms with van der Waals surface area (Å²) in [5, 5.41) is 1.16. The molecule has 0 N–H and O–H groups in total. The highest BCUT2D eigenvalue weighted by atomic mass is 32.1. The van der Waals surface area contributed by atoms with Gasteiger partial charge < -0.3 is 4.90 Å². The monoisotopic (exact) mass is 368 g/mol. The van der Waals surface area contributed by atoms with Crippen LogP contribution in [-0.4, -0.2) is 28.9 Å². The number of nitrogens with zero attached hydrogens (tertiary/aromatic N) is 2. The van der Waals surface area contributed by atoms with Crippen molar-refractivity contribution >= 4 is 44.9 Å². The quantitative estimate of drug-likeness (QED) is 0.604. The molecule has 4 rings (SSSR count). The molecular formula is C20H20N2OS2. The first-order valence-corrected chi connectivity index (χ1v) is 10.2. The first kappa shape index (κ1) is 16.5. The third-order valence-corrected chi connectivity index (χ3v) is 6.71. The largest absolute Gasteiger partial charge is 0.338 e. The number of aryl methyl sites for hydroxylation is 1. The van der Waals surface area contributed by atoms with Gasteiger partial charge in [0.05, 0.1) is 15.2 Å². The Balaban J connectivity index is 1.46. The van der Waals surface area contributed by atoms with Crippen LogP contribution >= 0.6 is 22.7 Å². The molecule has 1 saturated heterocycles. The molecular weight excluding hydrogens is 348 g/mol. The molecule has 128 valence electrons. The molecule has 0 aliphatic carbocycles. The Bertz CT molecular complexity index is 892. The number of fused-ring (bicyclic) bond motifs is 1. The van der Waals surface area contributed by atoms with Gasteiger partial charge in [-0.2, -0.15) is 0 Å². The lowest BCUT2D eigenvalue weighted by Gasteiger charge is -2.31. The topological polar surface area (TPSA) is 33.2 Å². The first-order chi connectivity index (χ1) is 12.2. The van der Waals surface area contributed by atoms with Crippen molar-refractivity contribution in [3.8, 4) is 0 Å². The second kappa shape index (κ2) is 7.10. The van der Waals surface area contributed by atoms with Crippen molar-refractivity contribution in [2.75, 3.05) is 13.1 Å². The molecule has 2 aromatic heterocycles. The summed E-state index contributed by atoms with van der Waals surface area (Å²) < 4.78 is 1.23. The molecule has 0 bridgehead atoms. The number of piperidine rings is 1. The van der Waals surface area contributed by atoms with Crippen LogP contribution in [0.5, 0.6) is 0 Å². The number of thiophene rings is 1. The van der Waals surface area contributed by atoms with E-state index in [1.165, 1.54) is 9.58 Å². The Hall–Kier alpha value is -1.98. The highest BCUT2D eigenvalue weighted by Gasteiger charge is 2.26. The summed E-state index contributed by atoms with van der Waals surface area (Å²) in [5.41, 5.74) is 1.07. The highest BCUT2D eigenvalue weighted by molar-refractivity contribution is 7.18.